The van der Waals surface area contributed by atoms with Gasteiger partial charge >= 0.3 is 0 Å². The molecular weight excluding hydrogens is 158 g/mol. The minimum Gasteiger partial charge on any atom is -0.392 e. The summed E-state index contributed by atoms with van der Waals surface area (Å²) < 4.78 is 0. The highest BCUT2D eigenvalue weighted by Crippen LogP contribution is 2.29. The highest BCUT2D eigenvalue weighted by molar-refractivity contribution is 8.00. The van der Waals surface area contributed by atoms with Crippen molar-refractivity contribution in [3.8, 4) is 0 Å². The zero-order chi connectivity index (χ0) is 8.10. The average molecular weight is 175 g/mol. The van der Waals surface area contributed by atoms with Crippen LogP contribution in [0.5, 0.6) is 0 Å². The van der Waals surface area contributed by atoms with Crippen molar-refractivity contribution in [1.82, 2.24) is 5.32 Å². The third-order valence-corrected chi connectivity index (χ3v) is 3.59. The van der Waals surface area contributed by atoms with E-state index in [4.69, 9.17) is 0 Å². The second-order valence-corrected chi connectivity index (χ2v) is 4.36. The molecular formula is C8H17NOS. The van der Waals surface area contributed by atoms with Crippen molar-refractivity contribution in [1.29, 1.82) is 0 Å². The Morgan fingerprint density at radius 1 is 1.73 bits per heavy atom. The monoisotopic (exact) mass is 175 g/mol. The van der Waals surface area contributed by atoms with Gasteiger partial charge in [-0.1, -0.05) is 0 Å². The number of aliphatic hydroxyl groups is 1. The molecule has 11 heavy (non-hydrogen) atoms. The SMILES string of the molecule is CNCCC(O)C1CCCS1. The van der Waals surface area contributed by atoms with Crippen LogP contribution in [-0.4, -0.2) is 35.8 Å². The minimum absolute atomic E-state index is 0.0880. The van der Waals surface area contributed by atoms with Crippen molar-refractivity contribution in [2.75, 3.05) is 19.3 Å². The fraction of sp³-hybridized carbons (Fsp3) is 1.00. The van der Waals surface area contributed by atoms with Crippen molar-refractivity contribution in [3.63, 3.8) is 0 Å². The standard InChI is InChI=1S/C8H17NOS/c1-9-5-4-7(10)8-3-2-6-11-8/h7-10H,2-6H2,1H3. The van der Waals surface area contributed by atoms with Gasteiger partial charge in [-0.25, -0.2) is 0 Å². The van der Waals surface area contributed by atoms with Crippen LogP contribution in [0.4, 0.5) is 0 Å². The molecule has 1 heterocycles. The summed E-state index contributed by atoms with van der Waals surface area (Å²) in [5, 5.41) is 13.2. The van der Waals surface area contributed by atoms with Crippen LogP contribution in [0.15, 0.2) is 0 Å². The molecule has 2 unspecified atom stereocenters. The maximum Gasteiger partial charge on any atom is 0.0670 e. The van der Waals surface area contributed by atoms with E-state index in [1.807, 2.05) is 18.8 Å². The van der Waals surface area contributed by atoms with Gasteiger partial charge in [0, 0.05) is 5.25 Å². The van der Waals surface area contributed by atoms with E-state index in [9.17, 15) is 5.11 Å². The van der Waals surface area contributed by atoms with Gasteiger partial charge in [0.15, 0.2) is 0 Å². The van der Waals surface area contributed by atoms with E-state index < -0.39 is 0 Å². The Bertz CT molecular complexity index is 104. The van der Waals surface area contributed by atoms with Gasteiger partial charge in [0.2, 0.25) is 0 Å². The van der Waals surface area contributed by atoms with Crippen molar-refractivity contribution in [2.24, 2.45) is 0 Å². The van der Waals surface area contributed by atoms with E-state index in [0.29, 0.717) is 5.25 Å². The summed E-state index contributed by atoms with van der Waals surface area (Å²) in [5.74, 6) is 1.24. The van der Waals surface area contributed by atoms with E-state index in [2.05, 4.69) is 5.32 Å². The van der Waals surface area contributed by atoms with Crippen LogP contribution in [0, 0.1) is 0 Å². The molecule has 1 aliphatic heterocycles. The molecule has 2 atom stereocenters. The van der Waals surface area contributed by atoms with E-state index >= 15 is 0 Å². The normalized spacial score (nSPS) is 27.3. The van der Waals surface area contributed by atoms with Crippen LogP contribution < -0.4 is 5.32 Å². The topological polar surface area (TPSA) is 32.3 Å². The molecule has 2 nitrogen and oxygen atoms in total. The van der Waals surface area contributed by atoms with E-state index in [0.717, 1.165) is 13.0 Å². The lowest BCUT2D eigenvalue weighted by Crippen LogP contribution is -2.25. The molecule has 0 bridgehead atoms. The summed E-state index contributed by atoms with van der Waals surface area (Å²) in [7, 11) is 1.93. The summed E-state index contributed by atoms with van der Waals surface area (Å²) >= 11 is 1.92. The Morgan fingerprint density at radius 3 is 3.09 bits per heavy atom. The zero-order valence-electron chi connectivity index (χ0n) is 7.05. The summed E-state index contributed by atoms with van der Waals surface area (Å²) in [6.45, 7) is 0.929. The lowest BCUT2D eigenvalue weighted by Gasteiger charge is -2.16. The molecule has 1 aliphatic rings. The first kappa shape index (κ1) is 9.36. The lowest BCUT2D eigenvalue weighted by molar-refractivity contribution is 0.160. The van der Waals surface area contributed by atoms with Gasteiger partial charge < -0.3 is 10.4 Å². The highest BCUT2D eigenvalue weighted by Gasteiger charge is 2.22. The molecule has 0 aromatic heterocycles. The van der Waals surface area contributed by atoms with Gasteiger partial charge in [-0.05, 0) is 38.6 Å². The Labute approximate surface area is 72.8 Å². The molecule has 1 saturated heterocycles. The number of hydrogen-bond donors (Lipinski definition) is 2. The molecule has 0 aliphatic carbocycles. The van der Waals surface area contributed by atoms with Crippen molar-refractivity contribution in [3.05, 3.63) is 0 Å². The Morgan fingerprint density at radius 2 is 2.55 bits per heavy atom. The van der Waals surface area contributed by atoms with E-state index in [1.165, 1.54) is 18.6 Å². The molecule has 1 rings (SSSR count). The first-order valence-electron chi connectivity index (χ1n) is 4.29. The molecule has 1 fully saturated rings. The largest absolute Gasteiger partial charge is 0.392 e. The van der Waals surface area contributed by atoms with Crippen LogP contribution in [0.25, 0.3) is 0 Å². The molecule has 0 amide bonds. The number of hydrogen-bond acceptors (Lipinski definition) is 3. The predicted octanol–water partition coefficient (Wildman–Crippen LogP) is 0.852. The first-order valence-corrected chi connectivity index (χ1v) is 5.33. The molecule has 0 spiro atoms. The maximum atomic E-state index is 9.62. The van der Waals surface area contributed by atoms with Crippen molar-refractivity contribution >= 4 is 11.8 Å². The predicted molar refractivity (Wildman–Crippen MR) is 50.0 cm³/mol. The number of thioether (sulfide) groups is 1. The van der Waals surface area contributed by atoms with Gasteiger partial charge in [-0.15, -0.1) is 0 Å². The average Bonchev–Trinajstić information content (AvgIpc) is 2.52. The maximum absolute atomic E-state index is 9.62. The highest BCUT2D eigenvalue weighted by atomic mass is 32.2. The molecule has 2 N–H and O–H groups in total. The second kappa shape index (κ2) is 5.01. The van der Waals surface area contributed by atoms with E-state index in [-0.39, 0.29) is 6.10 Å². The van der Waals surface area contributed by atoms with E-state index in [1.54, 1.807) is 0 Å². The molecule has 66 valence electrons. The van der Waals surface area contributed by atoms with Gasteiger partial charge in [0.05, 0.1) is 6.10 Å². The molecule has 3 heteroatoms. The summed E-state index contributed by atoms with van der Waals surface area (Å²) in [6.07, 6.45) is 3.30. The summed E-state index contributed by atoms with van der Waals surface area (Å²) in [6, 6.07) is 0. The van der Waals surface area contributed by atoms with Crippen LogP contribution in [0.2, 0.25) is 0 Å². The minimum atomic E-state index is -0.0880. The summed E-state index contributed by atoms with van der Waals surface area (Å²) in [4.78, 5) is 0. The Hall–Kier alpha value is 0.270. The third-order valence-electron chi connectivity index (χ3n) is 2.08. The number of aliphatic hydroxyl groups excluding tert-OH is 1. The number of nitrogens with one attached hydrogen (secondary N) is 1. The summed E-state index contributed by atoms with van der Waals surface area (Å²) in [5.41, 5.74) is 0. The molecule has 0 radical (unpaired) electrons. The van der Waals surface area contributed by atoms with Crippen LogP contribution in [0.3, 0.4) is 0 Å². The lowest BCUT2D eigenvalue weighted by atomic mass is 10.1. The second-order valence-electron chi connectivity index (χ2n) is 3.01. The Kier molecular flexibility index (Phi) is 4.26. The van der Waals surface area contributed by atoms with Crippen LogP contribution in [-0.2, 0) is 0 Å². The quantitative estimate of drug-likeness (QED) is 0.664. The van der Waals surface area contributed by atoms with Gasteiger partial charge in [-0.2, -0.15) is 11.8 Å². The molecule has 0 aromatic rings. The van der Waals surface area contributed by atoms with Gasteiger partial charge in [-0.3, -0.25) is 0 Å². The smallest absolute Gasteiger partial charge is 0.0670 e. The molecule has 0 saturated carbocycles. The zero-order valence-corrected chi connectivity index (χ0v) is 7.86. The fourth-order valence-corrected chi connectivity index (χ4v) is 2.71. The van der Waals surface area contributed by atoms with Gasteiger partial charge in [0.25, 0.3) is 0 Å². The third kappa shape index (κ3) is 3.01. The van der Waals surface area contributed by atoms with Gasteiger partial charge in [0.1, 0.15) is 0 Å². The fourth-order valence-electron chi connectivity index (χ4n) is 1.38. The van der Waals surface area contributed by atoms with Crippen LogP contribution in [0.1, 0.15) is 19.3 Å². The Balaban J connectivity index is 2.12. The van der Waals surface area contributed by atoms with Crippen molar-refractivity contribution in [2.45, 2.75) is 30.6 Å². The number of rotatable bonds is 4. The first-order chi connectivity index (χ1) is 5.34. The molecule has 0 aromatic carbocycles. The van der Waals surface area contributed by atoms with Crippen molar-refractivity contribution < 1.29 is 5.11 Å². The van der Waals surface area contributed by atoms with Crippen LogP contribution >= 0.6 is 11.8 Å².